The normalized spacial score (nSPS) is 10.6. The number of rotatable bonds is 10. The van der Waals surface area contributed by atoms with E-state index in [0.29, 0.717) is 19.4 Å². The number of carboxylic acids is 1. The van der Waals surface area contributed by atoms with E-state index in [4.69, 9.17) is 15.1 Å². The zero-order valence-electron chi connectivity index (χ0n) is 13.5. The van der Waals surface area contributed by atoms with E-state index in [0.717, 1.165) is 11.3 Å². The van der Waals surface area contributed by atoms with Gasteiger partial charge < -0.3 is 20.5 Å². The average molecular weight is 331 g/mol. The molecule has 0 heterocycles. The molecule has 0 unspecified atom stereocenters. The molecule has 7 nitrogen and oxygen atoms in total. The third-order valence-corrected chi connectivity index (χ3v) is 3.16. The van der Waals surface area contributed by atoms with Gasteiger partial charge in [-0.1, -0.05) is 12.1 Å². The predicted molar refractivity (Wildman–Crippen MR) is 88.3 cm³/mol. The predicted octanol–water partition coefficient (Wildman–Crippen LogP) is 1.22. The average Bonchev–Trinajstić information content (AvgIpc) is 2.58. The highest BCUT2D eigenvalue weighted by molar-refractivity contribution is 5.97. The number of carboxylic acid groups (broad SMARTS) is 1. The van der Waals surface area contributed by atoms with Crippen LogP contribution in [0.25, 0.3) is 0 Å². The van der Waals surface area contributed by atoms with E-state index in [9.17, 15) is 9.59 Å². The fraction of sp³-hybridized carbons (Fsp3) is 0.353. The first kappa shape index (κ1) is 19.0. The van der Waals surface area contributed by atoms with Crippen LogP contribution in [0.5, 0.6) is 5.75 Å². The smallest absolute Gasteiger partial charge is 0.303 e. The summed E-state index contributed by atoms with van der Waals surface area (Å²) in [6, 6.07) is 9.47. The fourth-order valence-electron chi connectivity index (χ4n) is 1.90. The lowest BCUT2D eigenvalue weighted by molar-refractivity contribution is -0.137. The van der Waals surface area contributed by atoms with Crippen molar-refractivity contribution in [1.82, 2.24) is 10.6 Å². The maximum atomic E-state index is 11.8. The van der Waals surface area contributed by atoms with E-state index in [-0.39, 0.29) is 18.5 Å². The molecular weight excluding hydrogens is 310 g/mol. The van der Waals surface area contributed by atoms with Gasteiger partial charge in [0, 0.05) is 25.7 Å². The number of methoxy groups -OCH3 is 1. The van der Waals surface area contributed by atoms with Crippen LogP contribution in [-0.4, -0.2) is 37.2 Å². The van der Waals surface area contributed by atoms with Crippen molar-refractivity contribution in [2.24, 2.45) is 0 Å². The zero-order valence-corrected chi connectivity index (χ0v) is 13.5. The summed E-state index contributed by atoms with van der Waals surface area (Å²) in [7, 11) is 1.61. The van der Waals surface area contributed by atoms with Gasteiger partial charge in [-0.2, -0.15) is 5.26 Å². The van der Waals surface area contributed by atoms with Gasteiger partial charge >= 0.3 is 5.97 Å². The van der Waals surface area contributed by atoms with Crippen molar-refractivity contribution in [2.75, 3.05) is 20.2 Å². The molecule has 0 aromatic heterocycles. The van der Waals surface area contributed by atoms with Crippen LogP contribution in [0.2, 0.25) is 0 Å². The molecule has 7 heteroatoms. The minimum absolute atomic E-state index is 0.0231. The molecule has 0 aliphatic rings. The van der Waals surface area contributed by atoms with Gasteiger partial charge in [0.1, 0.15) is 17.4 Å². The molecule has 1 aromatic carbocycles. The Hall–Kier alpha value is -3.01. The molecule has 24 heavy (non-hydrogen) atoms. The van der Waals surface area contributed by atoms with Gasteiger partial charge in [-0.3, -0.25) is 9.59 Å². The molecule has 0 saturated heterocycles. The van der Waals surface area contributed by atoms with Gasteiger partial charge in [-0.05, 0) is 30.5 Å². The van der Waals surface area contributed by atoms with Gasteiger partial charge in [0.2, 0.25) is 0 Å². The van der Waals surface area contributed by atoms with Crippen molar-refractivity contribution >= 4 is 11.9 Å². The van der Waals surface area contributed by atoms with Crippen molar-refractivity contribution in [3.8, 4) is 11.8 Å². The Morgan fingerprint density at radius 3 is 2.83 bits per heavy atom. The van der Waals surface area contributed by atoms with Crippen molar-refractivity contribution in [2.45, 2.75) is 19.3 Å². The van der Waals surface area contributed by atoms with E-state index in [1.165, 1.54) is 6.20 Å². The maximum Gasteiger partial charge on any atom is 0.303 e. The van der Waals surface area contributed by atoms with E-state index >= 15 is 0 Å². The lowest BCUT2D eigenvalue weighted by Gasteiger charge is -2.06. The number of nitrogens with zero attached hydrogens (tertiary/aromatic N) is 1. The summed E-state index contributed by atoms with van der Waals surface area (Å²) in [5, 5.41) is 23.0. The third kappa shape index (κ3) is 7.31. The SMILES string of the molecule is COc1cccc(CCN/C=C(/C#N)C(=O)NCCCC(=O)O)c1. The summed E-state index contributed by atoms with van der Waals surface area (Å²) < 4.78 is 5.14. The Bertz CT molecular complexity index is 635. The molecule has 0 spiro atoms. The Kier molecular flexibility index (Phi) is 8.47. The van der Waals surface area contributed by atoms with Crippen LogP contribution in [0.3, 0.4) is 0 Å². The summed E-state index contributed by atoms with van der Waals surface area (Å²) >= 11 is 0. The van der Waals surface area contributed by atoms with Crippen LogP contribution in [0.4, 0.5) is 0 Å². The quantitative estimate of drug-likeness (QED) is 0.338. The van der Waals surface area contributed by atoms with Gasteiger partial charge in [-0.15, -0.1) is 0 Å². The van der Waals surface area contributed by atoms with Crippen molar-refractivity contribution < 1.29 is 19.4 Å². The molecule has 1 aromatic rings. The van der Waals surface area contributed by atoms with E-state index < -0.39 is 11.9 Å². The third-order valence-electron chi connectivity index (χ3n) is 3.16. The van der Waals surface area contributed by atoms with E-state index in [1.54, 1.807) is 7.11 Å². The number of nitrogens with one attached hydrogen (secondary N) is 2. The van der Waals surface area contributed by atoms with Crippen LogP contribution in [0.1, 0.15) is 18.4 Å². The number of amides is 1. The Balaban J connectivity index is 2.38. The van der Waals surface area contributed by atoms with Crippen molar-refractivity contribution in [3.05, 3.63) is 41.6 Å². The Labute approximate surface area is 140 Å². The second kappa shape index (κ2) is 10.7. The molecule has 0 atom stereocenters. The first-order chi connectivity index (χ1) is 11.6. The standard InChI is InChI=1S/C17H21N3O4/c1-24-15-5-2-4-13(10-15)7-9-19-12-14(11-18)17(23)20-8-3-6-16(21)22/h2,4-5,10,12,19H,3,6-9H2,1H3,(H,20,23)(H,21,22)/b14-12-. The first-order valence-electron chi connectivity index (χ1n) is 7.53. The van der Waals surface area contributed by atoms with Crippen LogP contribution in [0.15, 0.2) is 36.0 Å². The Morgan fingerprint density at radius 2 is 2.17 bits per heavy atom. The van der Waals surface area contributed by atoms with E-state index in [1.807, 2.05) is 30.3 Å². The summed E-state index contributed by atoms with van der Waals surface area (Å²) in [5.41, 5.74) is 1.03. The molecule has 0 saturated carbocycles. The van der Waals surface area contributed by atoms with Crippen LogP contribution >= 0.6 is 0 Å². The van der Waals surface area contributed by atoms with Gasteiger partial charge in [-0.25, -0.2) is 0 Å². The molecule has 1 amide bonds. The fourth-order valence-corrected chi connectivity index (χ4v) is 1.90. The van der Waals surface area contributed by atoms with Crippen LogP contribution in [0, 0.1) is 11.3 Å². The number of aliphatic carboxylic acids is 1. The molecular formula is C17H21N3O4. The molecule has 0 aliphatic carbocycles. The number of ether oxygens (including phenoxy) is 1. The lowest BCUT2D eigenvalue weighted by atomic mass is 10.1. The van der Waals surface area contributed by atoms with E-state index in [2.05, 4.69) is 10.6 Å². The number of carbonyl (C=O) groups excluding carboxylic acids is 1. The second-order valence-corrected chi connectivity index (χ2v) is 4.98. The topological polar surface area (TPSA) is 111 Å². The Morgan fingerprint density at radius 1 is 1.38 bits per heavy atom. The maximum absolute atomic E-state index is 11.8. The first-order valence-corrected chi connectivity index (χ1v) is 7.53. The summed E-state index contributed by atoms with van der Waals surface area (Å²) in [6.45, 7) is 0.776. The molecule has 128 valence electrons. The largest absolute Gasteiger partial charge is 0.497 e. The van der Waals surface area contributed by atoms with Crippen LogP contribution < -0.4 is 15.4 Å². The molecule has 0 fully saturated rings. The van der Waals surface area contributed by atoms with Gasteiger partial charge in [0.15, 0.2) is 0 Å². The number of nitriles is 1. The molecule has 1 rings (SSSR count). The number of benzene rings is 1. The minimum atomic E-state index is -0.917. The van der Waals surface area contributed by atoms with Crippen molar-refractivity contribution in [3.63, 3.8) is 0 Å². The number of carbonyl (C=O) groups is 2. The summed E-state index contributed by atoms with van der Waals surface area (Å²) in [4.78, 5) is 22.1. The highest BCUT2D eigenvalue weighted by Gasteiger charge is 2.08. The van der Waals surface area contributed by atoms with Gasteiger partial charge in [0.05, 0.1) is 7.11 Å². The highest BCUT2D eigenvalue weighted by Crippen LogP contribution is 2.12. The monoisotopic (exact) mass is 331 g/mol. The van der Waals surface area contributed by atoms with Crippen molar-refractivity contribution in [1.29, 1.82) is 5.26 Å². The zero-order chi connectivity index (χ0) is 17.8. The minimum Gasteiger partial charge on any atom is -0.497 e. The second-order valence-electron chi connectivity index (χ2n) is 4.98. The molecule has 0 aliphatic heterocycles. The highest BCUT2D eigenvalue weighted by atomic mass is 16.5. The van der Waals surface area contributed by atoms with Crippen LogP contribution in [-0.2, 0) is 16.0 Å². The summed E-state index contributed by atoms with van der Waals surface area (Å²) in [5.74, 6) is -0.655. The molecule has 0 bridgehead atoms. The molecule has 0 radical (unpaired) electrons. The number of hydrogen-bond donors (Lipinski definition) is 3. The lowest BCUT2D eigenvalue weighted by Crippen LogP contribution is -2.27. The molecule has 3 N–H and O–H groups in total. The number of hydrogen-bond acceptors (Lipinski definition) is 5. The van der Waals surface area contributed by atoms with Gasteiger partial charge in [0.25, 0.3) is 5.91 Å². The summed E-state index contributed by atoms with van der Waals surface area (Å²) in [6.07, 6.45) is 2.38.